The molecule has 0 atom stereocenters. The normalized spacial score (nSPS) is 12.5. The fourth-order valence-corrected chi connectivity index (χ4v) is 0.649. The number of nitrogens with zero attached hydrogens (tertiary/aromatic N) is 1. The molecule has 0 heterocycles. The summed E-state index contributed by atoms with van der Waals surface area (Å²) in [7, 11) is 1.71. The van der Waals surface area contributed by atoms with Crippen LogP contribution >= 0.6 is 0 Å². The average Bonchev–Trinajstić information content (AvgIpc) is 1.99. The molecule has 0 aromatic heterocycles. The third-order valence-electron chi connectivity index (χ3n) is 1.23. The highest BCUT2D eigenvalue weighted by Crippen LogP contribution is 1.89. The van der Waals surface area contributed by atoms with Crippen LogP contribution in [0.5, 0.6) is 0 Å². The quantitative estimate of drug-likeness (QED) is 0.579. The summed E-state index contributed by atoms with van der Waals surface area (Å²) in [5.41, 5.74) is 1.38. The van der Waals surface area contributed by atoms with Gasteiger partial charge in [-0.15, -0.1) is 0 Å². The zero-order chi connectivity index (χ0) is 7.98. The molecule has 0 aromatic rings. The minimum absolute atomic E-state index is 0.598. The highest BCUT2D eigenvalue weighted by molar-refractivity contribution is 6.45. The first kappa shape index (κ1) is 9.08. The zero-order valence-corrected chi connectivity index (χ0v) is 6.81. The van der Waals surface area contributed by atoms with Gasteiger partial charge in [0.05, 0.1) is 11.4 Å². The minimum Gasteiger partial charge on any atom is -0.303 e. The Kier molecular flexibility index (Phi) is 4.46. The van der Waals surface area contributed by atoms with Gasteiger partial charge in [-0.05, 0) is 19.4 Å². The number of hydrogen-bond donors (Lipinski definition) is 1. The Labute approximate surface area is 62.2 Å². The van der Waals surface area contributed by atoms with Crippen LogP contribution in [0.4, 0.5) is 0 Å². The lowest BCUT2D eigenvalue weighted by Crippen LogP contribution is -2.08. The van der Waals surface area contributed by atoms with Gasteiger partial charge in [-0.3, -0.25) is 4.99 Å². The molecule has 56 valence electrons. The Morgan fingerprint density at radius 2 is 2.20 bits per heavy atom. The van der Waals surface area contributed by atoms with Crippen LogP contribution in [0.15, 0.2) is 17.1 Å². The molecule has 2 heteroatoms. The molecule has 0 aliphatic rings. The third kappa shape index (κ3) is 2.58. The van der Waals surface area contributed by atoms with E-state index in [4.69, 9.17) is 5.41 Å². The monoisotopic (exact) mass is 138 g/mol. The van der Waals surface area contributed by atoms with E-state index in [9.17, 15) is 0 Å². The Morgan fingerprint density at radius 1 is 1.60 bits per heavy atom. The van der Waals surface area contributed by atoms with Crippen molar-refractivity contribution in [2.45, 2.75) is 20.3 Å². The van der Waals surface area contributed by atoms with Crippen molar-refractivity contribution < 1.29 is 0 Å². The summed E-state index contributed by atoms with van der Waals surface area (Å²) in [6.07, 6.45) is 4.50. The molecule has 0 aliphatic carbocycles. The summed E-state index contributed by atoms with van der Waals surface area (Å²) < 4.78 is 0. The number of rotatable bonds is 3. The van der Waals surface area contributed by atoms with Crippen LogP contribution in [0, 0.1) is 5.41 Å². The van der Waals surface area contributed by atoms with Crippen LogP contribution in [-0.2, 0) is 0 Å². The molecule has 0 spiro atoms. The van der Waals surface area contributed by atoms with Crippen molar-refractivity contribution in [3.63, 3.8) is 0 Å². The molecule has 1 N–H and O–H groups in total. The molecule has 0 amide bonds. The fourth-order valence-electron chi connectivity index (χ4n) is 0.649. The highest BCUT2D eigenvalue weighted by Gasteiger charge is 1.96. The standard InChI is InChI=1S/C8H14N2/c1-4-6-8(10-3)7(9)5-2/h4,6,9H,5H2,1-3H3/b6-4-,9-7?,10-8?. The number of aliphatic imine (C=N–C) groups is 1. The predicted molar refractivity (Wildman–Crippen MR) is 46.2 cm³/mol. The van der Waals surface area contributed by atoms with Gasteiger partial charge >= 0.3 is 0 Å². The molecule has 0 saturated heterocycles. The van der Waals surface area contributed by atoms with E-state index >= 15 is 0 Å². The lowest BCUT2D eigenvalue weighted by Gasteiger charge is -1.97. The molecular formula is C8H14N2. The van der Waals surface area contributed by atoms with Gasteiger partial charge < -0.3 is 5.41 Å². The van der Waals surface area contributed by atoms with Crippen molar-refractivity contribution in [3.05, 3.63) is 12.2 Å². The van der Waals surface area contributed by atoms with E-state index in [1.54, 1.807) is 7.05 Å². The largest absolute Gasteiger partial charge is 0.303 e. The molecule has 0 fully saturated rings. The summed E-state index contributed by atoms with van der Waals surface area (Å²) in [6, 6.07) is 0. The van der Waals surface area contributed by atoms with Crippen molar-refractivity contribution in [2.24, 2.45) is 4.99 Å². The number of allylic oxidation sites excluding steroid dienone is 2. The second-order valence-electron chi connectivity index (χ2n) is 1.94. The number of hydrogen-bond acceptors (Lipinski definition) is 2. The van der Waals surface area contributed by atoms with E-state index < -0.39 is 0 Å². The first-order valence-electron chi connectivity index (χ1n) is 3.43. The first-order chi connectivity index (χ1) is 4.76. The van der Waals surface area contributed by atoms with Gasteiger partial charge in [0.1, 0.15) is 0 Å². The van der Waals surface area contributed by atoms with Crippen LogP contribution in [0.25, 0.3) is 0 Å². The Balaban J connectivity index is 4.23. The molecule has 10 heavy (non-hydrogen) atoms. The SMILES string of the molecule is C/C=C\C(=NC)C(=N)CC. The molecule has 0 aliphatic heterocycles. The highest BCUT2D eigenvalue weighted by atomic mass is 14.7. The summed E-state index contributed by atoms with van der Waals surface area (Å²) in [6.45, 7) is 3.88. The van der Waals surface area contributed by atoms with E-state index in [0.717, 1.165) is 12.1 Å². The molecule has 0 aromatic carbocycles. The van der Waals surface area contributed by atoms with Crippen LogP contribution in [0.2, 0.25) is 0 Å². The molecule has 0 saturated carbocycles. The van der Waals surface area contributed by atoms with Gasteiger partial charge in [-0.25, -0.2) is 0 Å². The average molecular weight is 138 g/mol. The molecule has 0 radical (unpaired) electrons. The van der Waals surface area contributed by atoms with E-state index in [0.29, 0.717) is 5.71 Å². The summed E-state index contributed by atoms with van der Waals surface area (Å²) in [4.78, 5) is 3.95. The molecule has 0 bridgehead atoms. The van der Waals surface area contributed by atoms with Crippen LogP contribution in [0.3, 0.4) is 0 Å². The fraction of sp³-hybridized carbons (Fsp3) is 0.500. The molecule has 0 unspecified atom stereocenters. The van der Waals surface area contributed by atoms with Crippen molar-refractivity contribution in [3.8, 4) is 0 Å². The Bertz CT molecular complexity index is 166. The van der Waals surface area contributed by atoms with E-state index in [1.807, 2.05) is 26.0 Å². The van der Waals surface area contributed by atoms with Gasteiger partial charge in [0.2, 0.25) is 0 Å². The summed E-state index contributed by atoms with van der Waals surface area (Å²) in [5, 5.41) is 7.42. The second kappa shape index (κ2) is 4.91. The maximum absolute atomic E-state index is 7.42. The van der Waals surface area contributed by atoms with E-state index in [2.05, 4.69) is 4.99 Å². The van der Waals surface area contributed by atoms with Crippen molar-refractivity contribution in [2.75, 3.05) is 7.05 Å². The summed E-state index contributed by atoms with van der Waals surface area (Å²) >= 11 is 0. The minimum atomic E-state index is 0.598. The van der Waals surface area contributed by atoms with Crippen LogP contribution < -0.4 is 0 Å². The number of nitrogens with one attached hydrogen (secondary N) is 1. The van der Waals surface area contributed by atoms with Crippen molar-refractivity contribution in [1.29, 1.82) is 5.41 Å². The molecule has 0 rings (SSSR count). The Morgan fingerprint density at radius 3 is 2.50 bits per heavy atom. The predicted octanol–water partition coefficient (Wildman–Crippen LogP) is 2.06. The molecule has 2 nitrogen and oxygen atoms in total. The summed E-state index contributed by atoms with van der Waals surface area (Å²) in [5.74, 6) is 0. The van der Waals surface area contributed by atoms with Crippen molar-refractivity contribution in [1.82, 2.24) is 0 Å². The maximum Gasteiger partial charge on any atom is 0.0775 e. The van der Waals surface area contributed by atoms with Crippen LogP contribution in [0.1, 0.15) is 20.3 Å². The van der Waals surface area contributed by atoms with Crippen molar-refractivity contribution >= 4 is 11.4 Å². The topological polar surface area (TPSA) is 36.2 Å². The first-order valence-corrected chi connectivity index (χ1v) is 3.43. The van der Waals surface area contributed by atoms with Gasteiger partial charge in [-0.1, -0.05) is 13.0 Å². The van der Waals surface area contributed by atoms with Gasteiger partial charge in [0.25, 0.3) is 0 Å². The van der Waals surface area contributed by atoms with Gasteiger partial charge in [-0.2, -0.15) is 0 Å². The van der Waals surface area contributed by atoms with Gasteiger partial charge in [0, 0.05) is 7.05 Å². The van der Waals surface area contributed by atoms with E-state index in [-0.39, 0.29) is 0 Å². The Hall–Kier alpha value is -0.920. The van der Waals surface area contributed by atoms with Crippen LogP contribution in [-0.4, -0.2) is 18.5 Å². The lowest BCUT2D eigenvalue weighted by atomic mass is 10.2. The second-order valence-corrected chi connectivity index (χ2v) is 1.94. The third-order valence-corrected chi connectivity index (χ3v) is 1.23. The van der Waals surface area contributed by atoms with Gasteiger partial charge in [0.15, 0.2) is 0 Å². The smallest absolute Gasteiger partial charge is 0.0775 e. The lowest BCUT2D eigenvalue weighted by molar-refractivity contribution is 1.26. The maximum atomic E-state index is 7.42. The van der Waals surface area contributed by atoms with E-state index in [1.165, 1.54) is 0 Å². The zero-order valence-electron chi connectivity index (χ0n) is 6.81. The molecular weight excluding hydrogens is 124 g/mol.